The number of aliphatic hydroxyl groups is 1. The van der Waals surface area contributed by atoms with Gasteiger partial charge in [0.15, 0.2) is 11.6 Å². The van der Waals surface area contributed by atoms with Gasteiger partial charge >= 0.3 is 0 Å². The molecule has 24 heavy (non-hydrogen) atoms. The lowest BCUT2D eigenvalue weighted by molar-refractivity contribution is -0.117. The average Bonchev–Trinajstić information content (AvgIpc) is 2.55. The van der Waals surface area contributed by atoms with Gasteiger partial charge in [-0.2, -0.15) is 0 Å². The van der Waals surface area contributed by atoms with Gasteiger partial charge in [0.25, 0.3) is 0 Å². The molecule has 1 heterocycles. The van der Waals surface area contributed by atoms with E-state index in [9.17, 15) is 14.7 Å². The predicted molar refractivity (Wildman–Crippen MR) is 88.9 cm³/mol. The number of aliphatic hydroxyl groups excluding tert-OH is 1. The molecule has 0 aromatic heterocycles. The van der Waals surface area contributed by atoms with Gasteiger partial charge in [-0.15, -0.1) is 0 Å². The number of hydrogen-bond donors (Lipinski definition) is 1. The van der Waals surface area contributed by atoms with E-state index in [1.165, 1.54) is 0 Å². The van der Waals surface area contributed by atoms with Crippen molar-refractivity contribution in [3.63, 3.8) is 0 Å². The molecule has 4 heteroatoms. The van der Waals surface area contributed by atoms with Crippen LogP contribution >= 0.6 is 0 Å². The summed E-state index contributed by atoms with van der Waals surface area (Å²) in [5, 5.41) is 10.4. The van der Waals surface area contributed by atoms with Crippen molar-refractivity contribution < 1.29 is 19.4 Å². The van der Waals surface area contributed by atoms with E-state index in [-0.39, 0.29) is 17.3 Å². The van der Waals surface area contributed by atoms with Gasteiger partial charge in [-0.1, -0.05) is 18.2 Å². The molecule has 0 spiro atoms. The van der Waals surface area contributed by atoms with E-state index in [2.05, 4.69) is 0 Å². The van der Waals surface area contributed by atoms with Crippen LogP contribution in [-0.4, -0.2) is 16.7 Å². The summed E-state index contributed by atoms with van der Waals surface area (Å²) < 4.78 is 6.07. The van der Waals surface area contributed by atoms with Crippen LogP contribution in [0.1, 0.15) is 55.6 Å². The minimum absolute atomic E-state index is 0.0343. The van der Waals surface area contributed by atoms with E-state index in [4.69, 9.17) is 4.74 Å². The summed E-state index contributed by atoms with van der Waals surface area (Å²) in [5.41, 5.74) is 2.78. The number of ether oxygens (including phenoxy) is 1. The number of ketones is 2. The van der Waals surface area contributed by atoms with Gasteiger partial charge in [0.05, 0.1) is 11.7 Å². The van der Waals surface area contributed by atoms with Gasteiger partial charge in [0.1, 0.15) is 11.5 Å². The zero-order chi connectivity index (χ0) is 16.8. The minimum Gasteiger partial charge on any atom is -0.512 e. The third kappa shape index (κ3) is 2.20. The molecule has 0 saturated heterocycles. The normalized spacial score (nSPS) is 23.8. The second-order valence-corrected chi connectivity index (χ2v) is 6.78. The summed E-state index contributed by atoms with van der Waals surface area (Å²) in [6.45, 7) is 1.96. The number of carbonyl (C=O) groups excluding carboxylic acids is 2. The Morgan fingerprint density at radius 1 is 1.00 bits per heavy atom. The van der Waals surface area contributed by atoms with E-state index in [1.807, 2.05) is 25.1 Å². The van der Waals surface area contributed by atoms with Crippen LogP contribution in [-0.2, 0) is 9.59 Å². The molecule has 0 bridgehead atoms. The maximum absolute atomic E-state index is 12.6. The van der Waals surface area contributed by atoms with E-state index in [1.54, 1.807) is 0 Å². The molecule has 0 amide bonds. The van der Waals surface area contributed by atoms with Crippen LogP contribution < -0.4 is 4.74 Å². The molecule has 0 saturated carbocycles. The molecule has 3 aliphatic rings. The van der Waals surface area contributed by atoms with E-state index in [0.29, 0.717) is 49.0 Å². The van der Waals surface area contributed by atoms with Gasteiger partial charge in [-0.25, -0.2) is 0 Å². The molecule has 1 unspecified atom stereocenters. The molecule has 2 aliphatic carbocycles. The van der Waals surface area contributed by atoms with Gasteiger partial charge < -0.3 is 9.84 Å². The quantitative estimate of drug-likeness (QED) is 0.846. The number of benzene rings is 1. The van der Waals surface area contributed by atoms with Crippen molar-refractivity contribution in [1.82, 2.24) is 0 Å². The molecule has 1 aromatic rings. The Morgan fingerprint density at radius 3 is 2.46 bits per heavy atom. The second-order valence-electron chi connectivity index (χ2n) is 6.78. The van der Waals surface area contributed by atoms with Crippen LogP contribution in [0.3, 0.4) is 0 Å². The Bertz CT molecular complexity index is 813. The van der Waals surface area contributed by atoms with Gasteiger partial charge in [-0.05, 0) is 25.3 Å². The Kier molecular flexibility index (Phi) is 3.56. The van der Waals surface area contributed by atoms with Crippen LogP contribution in [0.25, 0.3) is 0 Å². The summed E-state index contributed by atoms with van der Waals surface area (Å²) in [6.07, 6.45) is 3.53. The highest BCUT2D eigenvalue weighted by atomic mass is 16.5. The molecule has 1 aliphatic heterocycles. The average molecular weight is 324 g/mol. The Morgan fingerprint density at radius 2 is 1.71 bits per heavy atom. The van der Waals surface area contributed by atoms with Crippen molar-refractivity contribution in [2.75, 3.05) is 0 Å². The van der Waals surface area contributed by atoms with Crippen molar-refractivity contribution in [3.8, 4) is 5.75 Å². The maximum Gasteiger partial charge on any atom is 0.163 e. The summed E-state index contributed by atoms with van der Waals surface area (Å²) >= 11 is 0. The van der Waals surface area contributed by atoms with Gasteiger partial charge in [0, 0.05) is 42.4 Å². The van der Waals surface area contributed by atoms with Crippen LogP contribution in [0.5, 0.6) is 5.75 Å². The van der Waals surface area contributed by atoms with E-state index < -0.39 is 5.92 Å². The number of fused-ring (bicyclic) bond motifs is 1. The fourth-order valence-electron chi connectivity index (χ4n) is 4.06. The van der Waals surface area contributed by atoms with Gasteiger partial charge in [0.2, 0.25) is 0 Å². The standard InChI is InChI=1S/C20H20O4/c1-11-5-2-6-12-17(18-13(21)7-3-8-14(18)22)19-15(23)9-4-10-16(19)24-20(11)12/h2,5-6,17,21H,3-4,7-10H2,1H3. The Hall–Kier alpha value is -2.36. The first-order valence-corrected chi connectivity index (χ1v) is 8.56. The van der Waals surface area contributed by atoms with Crippen LogP contribution in [0.15, 0.2) is 40.9 Å². The topological polar surface area (TPSA) is 63.6 Å². The van der Waals surface area contributed by atoms with Crippen molar-refractivity contribution >= 4 is 11.6 Å². The highest BCUT2D eigenvalue weighted by molar-refractivity contribution is 6.05. The molecular weight excluding hydrogens is 304 g/mol. The van der Waals surface area contributed by atoms with Gasteiger partial charge in [-0.3, -0.25) is 9.59 Å². The van der Waals surface area contributed by atoms with Crippen molar-refractivity contribution in [1.29, 1.82) is 0 Å². The summed E-state index contributed by atoms with van der Waals surface area (Å²) in [7, 11) is 0. The second kappa shape index (κ2) is 5.62. The molecular formula is C20H20O4. The third-order valence-electron chi connectivity index (χ3n) is 5.19. The highest BCUT2D eigenvalue weighted by Gasteiger charge is 2.41. The lowest BCUT2D eigenvalue weighted by Crippen LogP contribution is -2.30. The SMILES string of the molecule is Cc1cccc2c1OC1=C(C(=O)CCC1)C2C1=C(O)CCCC1=O. The first-order valence-electron chi connectivity index (χ1n) is 8.56. The number of carbonyl (C=O) groups is 2. The zero-order valence-electron chi connectivity index (χ0n) is 13.7. The lowest BCUT2D eigenvalue weighted by Gasteiger charge is -2.35. The lowest BCUT2D eigenvalue weighted by atomic mass is 9.73. The summed E-state index contributed by atoms with van der Waals surface area (Å²) in [4.78, 5) is 25.2. The smallest absolute Gasteiger partial charge is 0.163 e. The largest absolute Gasteiger partial charge is 0.512 e. The molecule has 1 aromatic carbocycles. The molecule has 0 radical (unpaired) electrons. The fraction of sp³-hybridized carbons (Fsp3) is 0.400. The summed E-state index contributed by atoms with van der Waals surface area (Å²) in [6, 6.07) is 5.78. The monoisotopic (exact) mass is 324 g/mol. The highest BCUT2D eigenvalue weighted by Crippen LogP contribution is 2.49. The maximum atomic E-state index is 12.6. The molecule has 124 valence electrons. The van der Waals surface area contributed by atoms with E-state index in [0.717, 1.165) is 23.3 Å². The number of para-hydroxylation sites is 1. The van der Waals surface area contributed by atoms with Crippen LogP contribution in [0.4, 0.5) is 0 Å². The number of rotatable bonds is 1. The first kappa shape index (κ1) is 15.2. The predicted octanol–water partition coefficient (Wildman–Crippen LogP) is 4.04. The molecule has 4 nitrogen and oxygen atoms in total. The molecule has 1 N–H and O–H groups in total. The Balaban J connectivity index is 1.98. The molecule has 4 rings (SSSR count). The van der Waals surface area contributed by atoms with Crippen molar-refractivity contribution in [2.24, 2.45) is 0 Å². The number of aryl methyl sites for hydroxylation is 1. The fourth-order valence-corrected chi connectivity index (χ4v) is 4.06. The first-order chi connectivity index (χ1) is 11.6. The number of Topliss-reactive ketones (excluding diaryl/α,β-unsaturated/α-hetero) is 2. The minimum atomic E-state index is -0.482. The van der Waals surface area contributed by atoms with E-state index >= 15 is 0 Å². The zero-order valence-corrected chi connectivity index (χ0v) is 13.7. The van der Waals surface area contributed by atoms with Crippen molar-refractivity contribution in [3.05, 3.63) is 52.0 Å². The van der Waals surface area contributed by atoms with Crippen LogP contribution in [0, 0.1) is 6.92 Å². The van der Waals surface area contributed by atoms with Crippen LogP contribution in [0.2, 0.25) is 0 Å². The molecule has 0 fully saturated rings. The molecule has 1 atom stereocenters. The Labute approximate surface area is 140 Å². The number of allylic oxidation sites excluding steroid dienone is 4. The number of hydrogen-bond acceptors (Lipinski definition) is 4. The van der Waals surface area contributed by atoms with Crippen molar-refractivity contribution in [2.45, 2.75) is 51.4 Å². The summed E-state index contributed by atoms with van der Waals surface area (Å²) in [5.74, 6) is 1.04. The third-order valence-corrected chi connectivity index (χ3v) is 5.19.